The van der Waals surface area contributed by atoms with E-state index in [2.05, 4.69) is 17.2 Å². The number of halogens is 2. The number of hydrogen-bond donors (Lipinski definition) is 2. The summed E-state index contributed by atoms with van der Waals surface area (Å²) in [6.07, 6.45) is -0.269. The predicted octanol–water partition coefficient (Wildman–Crippen LogP) is 3.22. The smallest absolute Gasteiger partial charge is 0.407 e. The molecule has 0 spiro atoms. The molecule has 0 radical (unpaired) electrons. The molecular weight excluding hydrogens is 314 g/mol. The number of carbonyl (C=O) groups is 1. The second-order valence-electron chi connectivity index (χ2n) is 4.89. The van der Waals surface area contributed by atoms with Gasteiger partial charge in [-0.1, -0.05) is 42.2 Å². The first-order valence-electron chi connectivity index (χ1n) is 7.24. The number of anilines is 1. The van der Waals surface area contributed by atoms with Crippen LogP contribution in [-0.2, 0) is 11.3 Å². The van der Waals surface area contributed by atoms with E-state index in [0.29, 0.717) is 6.07 Å². The molecule has 0 bridgehead atoms. The van der Waals surface area contributed by atoms with Crippen LogP contribution in [-0.4, -0.2) is 12.6 Å². The highest BCUT2D eigenvalue weighted by Crippen LogP contribution is 2.15. The van der Waals surface area contributed by atoms with Gasteiger partial charge in [-0.2, -0.15) is 0 Å². The van der Waals surface area contributed by atoms with Crippen molar-refractivity contribution in [1.29, 1.82) is 0 Å². The van der Waals surface area contributed by atoms with Gasteiger partial charge in [-0.25, -0.2) is 13.6 Å². The quantitative estimate of drug-likeness (QED) is 0.514. The molecule has 4 nitrogen and oxygen atoms in total. The van der Waals surface area contributed by atoms with Crippen LogP contribution in [0.1, 0.15) is 17.5 Å². The molecular formula is C18H16F2N2O2. The maximum absolute atomic E-state index is 13.4. The Labute approximate surface area is 138 Å². The molecule has 0 atom stereocenters. The second kappa shape index (κ2) is 8.53. The summed E-state index contributed by atoms with van der Waals surface area (Å²) in [4.78, 5) is 11.5. The zero-order chi connectivity index (χ0) is 17.4. The number of hydrogen-bond acceptors (Lipinski definition) is 3. The molecule has 2 aromatic carbocycles. The lowest BCUT2D eigenvalue weighted by Crippen LogP contribution is -2.24. The van der Waals surface area contributed by atoms with Crippen LogP contribution in [0.15, 0.2) is 42.5 Å². The van der Waals surface area contributed by atoms with Crippen LogP contribution >= 0.6 is 0 Å². The van der Waals surface area contributed by atoms with Crippen molar-refractivity contribution in [3.05, 3.63) is 65.2 Å². The molecule has 0 heterocycles. The largest absolute Gasteiger partial charge is 0.445 e. The van der Waals surface area contributed by atoms with Crippen LogP contribution in [0.2, 0.25) is 0 Å². The molecule has 24 heavy (non-hydrogen) atoms. The lowest BCUT2D eigenvalue weighted by Gasteiger charge is -2.05. The minimum atomic E-state index is -0.819. The summed E-state index contributed by atoms with van der Waals surface area (Å²) >= 11 is 0. The SMILES string of the molecule is Nc1cc(C#CCCNC(=O)OCc2ccccc2)c(F)cc1F. The zero-order valence-corrected chi connectivity index (χ0v) is 12.8. The van der Waals surface area contributed by atoms with E-state index in [0.717, 1.165) is 11.6 Å². The third kappa shape index (κ3) is 5.29. The average Bonchev–Trinajstić information content (AvgIpc) is 2.58. The Morgan fingerprint density at radius 1 is 1.17 bits per heavy atom. The van der Waals surface area contributed by atoms with Crippen molar-refractivity contribution in [2.24, 2.45) is 0 Å². The fourth-order valence-electron chi connectivity index (χ4n) is 1.82. The Morgan fingerprint density at radius 2 is 1.92 bits per heavy atom. The van der Waals surface area contributed by atoms with Crippen molar-refractivity contribution >= 4 is 11.8 Å². The van der Waals surface area contributed by atoms with Crippen molar-refractivity contribution in [2.75, 3.05) is 12.3 Å². The van der Waals surface area contributed by atoms with Crippen molar-refractivity contribution < 1.29 is 18.3 Å². The summed E-state index contributed by atoms with van der Waals surface area (Å²) in [6.45, 7) is 0.428. The van der Waals surface area contributed by atoms with Gasteiger partial charge in [0.05, 0.1) is 11.3 Å². The molecule has 2 rings (SSSR count). The van der Waals surface area contributed by atoms with Gasteiger partial charge < -0.3 is 15.8 Å². The monoisotopic (exact) mass is 330 g/mol. The van der Waals surface area contributed by atoms with E-state index >= 15 is 0 Å². The van der Waals surface area contributed by atoms with Crippen molar-refractivity contribution in [1.82, 2.24) is 5.32 Å². The first-order chi connectivity index (χ1) is 11.6. The van der Waals surface area contributed by atoms with Crippen molar-refractivity contribution in [3.63, 3.8) is 0 Å². The molecule has 124 valence electrons. The van der Waals surface area contributed by atoms with Crippen LogP contribution in [0.5, 0.6) is 0 Å². The second-order valence-corrected chi connectivity index (χ2v) is 4.89. The third-order valence-electron chi connectivity index (χ3n) is 3.04. The molecule has 1 amide bonds. The Bertz CT molecular complexity index is 768. The van der Waals surface area contributed by atoms with E-state index in [1.165, 1.54) is 0 Å². The van der Waals surface area contributed by atoms with Gasteiger partial charge in [0, 0.05) is 19.0 Å². The Hall–Kier alpha value is -3.07. The van der Waals surface area contributed by atoms with E-state index in [4.69, 9.17) is 10.5 Å². The average molecular weight is 330 g/mol. The van der Waals surface area contributed by atoms with Crippen LogP contribution in [0.4, 0.5) is 19.3 Å². The minimum Gasteiger partial charge on any atom is -0.445 e. The highest BCUT2D eigenvalue weighted by molar-refractivity contribution is 5.67. The first-order valence-corrected chi connectivity index (χ1v) is 7.24. The van der Waals surface area contributed by atoms with Crippen LogP contribution in [0.3, 0.4) is 0 Å². The number of nitrogens with one attached hydrogen (secondary N) is 1. The van der Waals surface area contributed by atoms with Gasteiger partial charge in [0.2, 0.25) is 0 Å². The Morgan fingerprint density at radius 3 is 2.67 bits per heavy atom. The van der Waals surface area contributed by atoms with Gasteiger partial charge in [-0.3, -0.25) is 0 Å². The van der Waals surface area contributed by atoms with E-state index in [1.54, 1.807) is 0 Å². The summed E-state index contributed by atoms with van der Waals surface area (Å²) in [7, 11) is 0. The number of nitrogens with two attached hydrogens (primary N) is 1. The van der Waals surface area contributed by atoms with Crippen LogP contribution in [0, 0.1) is 23.5 Å². The molecule has 0 unspecified atom stereocenters. The molecule has 0 fully saturated rings. The topological polar surface area (TPSA) is 64.3 Å². The minimum absolute atomic E-state index is 0.0144. The molecule has 6 heteroatoms. The van der Waals surface area contributed by atoms with Gasteiger partial charge >= 0.3 is 6.09 Å². The number of amides is 1. The summed E-state index contributed by atoms with van der Waals surface area (Å²) < 4.78 is 31.5. The highest BCUT2D eigenvalue weighted by Gasteiger charge is 2.05. The van der Waals surface area contributed by atoms with E-state index < -0.39 is 17.7 Å². The summed E-state index contributed by atoms with van der Waals surface area (Å²) in [6, 6.07) is 11.1. The predicted molar refractivity (Wildman–Crippen MR) is 86.9 cm³/mol. The Kier molecular flexibility index (Phi) is 6.15. The summed E-state index contributed by atoms with van der Waals surface area (Å²) in [5.74, 6) is 3.64. The van der Waals surface area contributed by atoms with Gasteiger partial charge in [-0.05, 0) is 11.6 Å². The van der Waals surface area contributed by atoms with E-state index in [9.17, 15) is 13.6 Å². The molecule has 0 aliphatic carbocycles. The number of ether oxygens (including phenoxy) is 1. The van der Waals surface area contributed by atoms with Gasteiger partial charge in [-0.15, -0.1) is 0 Å². The van der Waals surface area contributed by atoms with Crippen molar-refractivity contribution in [2.45, 2.75) is 13.0 Å². The molecule has 3 N–H and O–H groups in total. The highest BCUT2D eigenvalue weighted by atomic mass is 19.1. The molecule has 0 aliphatic heterocycles. The number of benzene rings is 2. The Balaban J connectivity index is 1.73. The normalized spacial score (nSPS) is 9.75. The lowest BCUT2D eigenvalue weighted by molar-refractivity contribution is 0.140. The maximum Gasteiger partial charge on any atom is 0.407 e. The molecule has 0 saturated carbocycles. The van der Waals surface area contributed by atoms with Gasteiger partial charge in [0.15, 0.2) is 0 Å². The van der Waals surface area contributed by atoms with Crippen LogP contribution < -0.4 is 11.1 Å². The number of alkyl carbamates (subject to hydrolysis) is 1. The molecule has 2 aromatic rings. The number of carbonyl (C=O) groups excluding carboxylic acids is 1. The standard InChI is InChI=1S/C18H16F2N2O2/c19-15-11-16(20)17(21)10-14(15)8-4-5-9-22-18(23)24-12-13-6-2-1-3-7-13/h1-3,6-7,10-11H,5,9,12,21H2,(H,22,23). The molecule has 0 saturated heterocycles. The molecule has 0 aliphatic rings. The van der Waals surface area contributed by atoms with Gasteiger partial charge in [0.25, 0.3) is 0 Å². The first kappa shape index (κ1) is 17.3. The number of rotatable bonds is 4. The fourth-order valence-corrected chi connectivity index (χ4v) is 1.82. The summed E-state index contributed by atoms with van der Waals surface area (Å²) in [5, 5.41) is 2.53. The lowest BCUT2D eigenvalue weighted by atomic mass is 10.2. The molecule has 0 aromatic heterocycles. The summed E-state index contributed by atoms with van der Waals surface area (Å²) in [5.41, 5.74) is 6.09. The third-order valence-corrected chi connectivity index (χ3v) is 3.04. The maximum atomic E-state index is 13.4. The van der Waals surface area contributed by atoms with E-state index in [-0.39, 0.29) is 30.8 Å². The van der Waals surface area contributed by atoms with Crippen molar-refractivity contribution in [3.8, 4) is 11.8 Å². The van der Waals surface area contributed by atoms with Crippen LogP contribution in [0.25, 0.3) is 0 Å². The van der Waals surface area contributed by atoms with E-state index in [1.807, 2.05) is 30.3 Å². The number of nitrogen functional groups attached to an aromatic ring is 1. The fraction of sp³-hybridized carbons (Fsp3) is 0.167. The zero-order valence-electron chi connectivity index (χ0n) is 12.8. The van der Waals surface area contributed by atoms with Gasteiger partial charge in [0.1, 0.15) is 18.2 Å².